The number of aliphatic hydroxyl groups is 1. The van der Waals surface area contributed by atoms with Gasteiger partial charge in [0.1, 0.15) is 6.61 Å². The Balaban J connectivity index is 1.93. The molecule has 0 spiro atoms. The fourth-order valence-electron chi connectivity index (χ4n) is 3.22. The Morgan fingerprint density at radius 3 is 2.36 bits per heavy atom. The van der Waals surface area contributed by atoms with Crippen LogP contribution in [0.2, 0.25) is 0 Å². The summed E-state index contributed by atoms with van der Waals surface area (Å²) in [5.74, 6) is -0.576. The highest BCUT2D eigenvalue weighted by Gasteiger charge is 2.26. The summed E-state index contributed by atoms with van der Waals surface area (Å²) in [4.78, 5) is 16.3. The molecule has 0 radical (unpaired) electrons. The van der Waals surface area contributed by atoms with E-state index in [0.29, 0.717) is 5.75 Å². The van der Waals surface area contributed by atoms with Crippen LogP contribution in [0.15, 0.2) is 71.8 Å². The first-order valence-electron chi connectivity index (χ1n) is 13.3. The summed E-state index contributed by atoms with van der Waals surface area (Å²) in [6.07, 6.45) is 2.88. The predicted octanol–water partition coefficient (Wildman–Crippen LogP) is 4.20. The molecule has 12 heteroatoms. The van der Waals surface area contributed by atoms with Crippen LogP contribution in [0.5, 0.6) is 23.1 Å². The van der Waals surface area contributed by atoms with Crippen LogP contribution in [-0.4, -0.2) is 53.8 Å². The second-order valence-electron chi connectivity index (χ2n) is 9.06. The number of benzene rings is 2. The highest BCUT2D eigenvalue weighted by atomic mass is 32.2. The normalized spacial score (nSPS) is 12.7. The van der Waals surface area contributed by atoms with Gasteiger partial charge in [-0.25, -0.2) is 23.4 Å². The van der Waals surface area contributed by atoms with E-state index in [-0.39, 0.29) is 53.3 Å². The van der Waals surface area contributed by atoms with Crippen molar-refractivity contribution < 1.29 is 31.8 Å². The Morgan fingerprint density at radius 2 is 1.69 bits per heavy atom. The SMILES string of the molecule is [2H]c1cc(S(=O)(=O)Nc2nc(-c3ncccn3)nc(OCCO)c2Oc2ccccc2OC)c([2H])c([2H])c1C(C)(C)C. The van der Waals surface area contributed by atoms with Crippen molar-refractivity contribution in [3.8, 4) is 34.8 Å². The van der Waals surface area contributed by atoms with Crippen LogP contribution >= 0.6 is 0 Å². The number of hydrogen-bond acceptors (Lipinski definition) is 10. The minimum absolute atomic E-state index is 0.0354. The third-order valence-electron chi connectivity index (χ3n) is 5.14. The molecule has 4 aromatic rings. The molecule has 0 saturated carbocycles. The molecule has 0 amide bonds. The Morgan fingerprint density at radius 1 is 0.974 bits per heavy atom. The van der Waals surface area contributed by atoms with Gasteiger partial charge in [-0.3, -0.25) is 4.72 Å². The zero-order valence-corrected chi connectivity index (χ0v) is 22.5. The van der Waals surface area contributed by atoms with Gasteiger partial charge in [0.2, 0.25) is 11.6 Å². The molecule has 0 aliphatic carbocycles. The lowest BCUT2D eigenvalue weighted by Gasteiger charge is -2.20. The van der Waals surface area contributed by atoms with Gasteiger partial charge in [0.25, 0.3) is 15.9 Å². The van der Waals surface area contributed by atoms with Gasteiger partial charge in [0.15, 0.2) is 23.1 Å². The van der Waals surface area contributed by atoms with Gasteiger partial charge in [0.05, 0.1) is 22.7 Å². The van der Waals surface area contributed by atoms with Gasteiger partial charge in [-0.2, -0.15) is 4.98 Å². The molecule has 0 aliphatic heterocycles. The lowest BCUT2D eigenvalue weighted by atomic mass is 9.87. The van der Waals surface area contributed by atoms with E-state index in [9.17, 15) is 13.5 Å². The maximum absolute atomic E-state index is 13.7. The van der Waals surface area contributed by atoms with Gasteiger partial charge in [-0.15, -0.1) is 0 Å². The maximum Gasteiger partial charge on any atom is 0.263 e. The predicted molar refractivity (Wildman–Crippen MR) is 145 cm³/mol. The van der Waals surface area contributed by atoms with Crippen LogP contribution in [0.1, 0.15) is 30.4 Å². The van der Waals surface area contributed by atoms with Gasteiger partial charge < -0.3 is 19.3 Å². The number of aliphatic hydroxyl groups excluding tert-OH is 1. The molecular formula is C27H29N5O6S. The minimum Gasteiger partial charge on any atom is -0.493 e. The third kappa shape index (κ3) is 6.59. The van der Waals surface area contributed by atoms with Crippen LogP contribution < -0.4 is 18.9 Å². The Kier molecular flexibility index (Phi) is 7.09. The van der Waals surface area contributed by atoms with Gasteiger partial charge in [0, 0.05) is 12.4 Å². The average Bonchev–Trinajstić information content (AvgIpc) is 2.94. The molecule has 4 rings (SSSR count). The molecule has 2 heterocycles. The summed E-state index contributed by atoms with van der Waals surface area (Å²) in [6, 6.07) is 7.97. The Hall–Kier alpha value is -4.29. The van der Waals surface area contributed by atoms with Crippen LogP contribution in [0.3, 0.4) is 0 Å². The quantitative estimate of drug-likeness (QED) is 0.292. The number of nitrogens with zero attached hydrogens (tertiary/aromatic N) is 4. The molecule has 0 fully saturated rings. The summed E-state index contributed by atoms with van der Waals surface area (Å²) in [6.45, 7) is 4.70. The number of rotatable bonds is 10. The largest absolute Gasteiger partial charge is 0.493 e. The van der Waals surface area contributed by atoms with Crippen molar-refractivity contribution in [2.75, 3.05) is 25.0 Å². The molecule has 2 aromatic carbocycles. The van der Waals surface area contributed by atoms with E-state index in [1.807, 2.05) is 0 Å². The standard InChI is InChI=1S/C27H29N5O6S/c1-27(2,3)18-10-12-19(13-11-18)39(34,35)32-23-22(38-21-9-6-5-8-20(21)36-4)26(37-17-16-33)31-25(30-23)24-28-14-7-15-29-24/h5-15,33H,16-17H2,1-4H3,(H,30,31,32)/i10D,11D,12D. The summed E-state index contributed by atoms with van der Waals surface area (Å²) in [5.41, 5.74) is -0.442. The molecule has 0 bridgehead atoms. The topological polar surface area (TPSA) is 146 Å². The number of sulfonamides is 1. The Labute approximate surface area is 231 Å². The number of para-hydroxylation sites is 2. The zero-order chi connectivity index (χ0) is 30.7. The van der Waals surface area contributed by atoms with Crippen molar-refractivity contribution >= 4 is 15.8 Å². The van der Waals surface area contributed by atoms with E-state index >= 15 is 0 Å². The van der Waals surface area contributed by atoms with E-state index in [2.05, 4.69) is 24.7 Å². The van der Waals surface area contributed by atoms with Gasteiger partial charge in [-0.1, -0.05) is 45.0 Å². The van der Waals surface area contributed by atoms with Crippen LogP contribution in [-0.2, 0) is 15.4 Å². The van der Waals surface area contributed by atoms with Gasteiger partial charge in [-0.05, 0) is 41.3 Å². The summed E-state index contributed by atoms with van der Waals surface area (Å²) < 4.78 is 72.2. The molecule has 2 aromatic heterocycles. The first-order valence-corrected chi connectivity index (χ1v) is 13.2. The molecule has 204 valence electrons. The van der Waals surface area contributed by atoms with Crippen LogP contribution in [0.25, 0.3) is 11.6 Å². The molecule has 11 nitrogen and oxygen atoms in total. The van der Waals surface area contributed by atoms with Crippen LogP contribution in [0, 0.1) is 0 Å². The van der Waals surface area contributed by atoms with E-state index in [4.69, 9.17) is 18.3 Å². The number of anilines is 1. The highest BCUT2D eigenvalue weighted by Crippen LogP contribution is 2.41. The molecular weight excluding hydrogens is 522 g/mol. The summed E-state index contributed by atoms with van der Waals surface area (Å²) in [7, 11) is -3.22. The van der Waals surface area contributed by atoms with Crippen molar-refractivity contribution in [3.63, 3.8) is 0 Å². The highest BCUT2D eigenvalue weighted by molar-refractivity contribution is 7.92. The smallest absolute Gasteiger partial charge is 0.263 e. The lowest BCUT2D eigenvalue weighted by molar-refractivity contribution is 0.192. The third-order valence-corrected chi connectivity index (χ3v) is 6.40. The average molecular weight is 555 g/mol. The molecule has 0 atom stereocenters. The monoisotopic (exact) mass is 554 g/mol. The number of nitrogens with one attached hydrogen (secondary N) is 1. The Bertz CT molecular complexity index is 1700. The second kappa shape index (κ2) is 11.6. The van der Waals surface area contributed by atoms with E-state index in [0.717, 1.165) is 6.07 Å². The lowest BCUT2D eigenvalue weighted by Crippen LogP contribution is -2.17. The zero-order valence-electron chi connectivity index (χ0n) is 24.7. The molecule has 0 aliphatic rings. The van der Waals surface area contributed by atoms with Crippen molar-refractivity contribution in [2.45, 2.75) is 31.1 Å². The number of hydrogen-bond donors (Lipinski definition) is 2. The fourth-order valence-corrected chi connectivity index (χ4v) is 4.13. The van der Waals surface area contributed by atoms with E-state index in [1.165, 1.54) is 19.5 Å². The van der Waals surface area contributed by atoms with Gasteiger partial charge >= 0.3 is 0 Å². The fraction of sp³-hybridized carbons (Fsp3) is 0.259. The molecule has 0 unspecified atom stereocenters. The maximum atomic E-state index is 13.7. The first kappa shape index (κ1) is 23.8. The minimum atomic E-state index is -4.64. The van der Waals surface area contributed by atoms with E-state index in [1.54, 1.807) is 51.1 Å². The van der Waals surface area contributed by atoms with Crippen molar-refractivity contribution in [1.82, 2.24) is 19.9 Å². The first-order chi connectivity index (χ1) is 19.9. The summed E-state index contributed by atoms with van der Waals surface area (Å²) in [5, 5.41) is 9.42. The molecule has 0 saturated heterocycles. The van der Waals surface area contributed by atoms with Crippen molar-refractivity contribution in [1.29, 1.82) is 0 Å². The molecule has 2 N–H and O–H groups in total. The van der Waals surface area contributed by atoms with E-state index < -0.39 is 38.8 Å². The second-order valence-corrected chi connectivity index (χ2v) is 10.7. The molecule has 39 heavy (non-hydrogen) atoms. The van der Waals surface area contributed by atoms with Crippen LogP contribution in [0.4, 0.5) is 5.82 Å². The van der Waals surface area contributed by atoms with Crippen molar-refractivity contribution in [2.24, 2.45) is 0 Å². The number of ether oxygens (including phenoxy) is 3. The summed E-state index contributed by atoms with van der Waals surface area (Å²) >= 11 is 0. The number of aromatic nitrogens is 4. The van der Waals surface area contributed by atoms with Crippen molar-refractivity contribution in [3.05, 3.63) is 72.5 Å². The number of methoxy groups -OCH3 is 1.